The molecule has 4 heteroatoms. The molecule has 0 N–H and O–H groups in total. The maximum Gasteiger partial charge on any atom is 0.305 e. The number of hydrogen-bond acceptors (Lipinski definition) is 3. The lowest BCUT2D eigenvalue weighted by Gasteiger charge is -2.54. The van der Waals surface area contributed by atoms with Crippen molar-refractivity contribution < 1.29 is 14.3 Å². The summed E-state index contributed by atoms with van der Waals surface area (Å²) in [5.41, 5.74) is 1.43. The van der Waals surface area contributed by atoms with Crippen LogP contribution < -0.4 is 0 Å². The van der Waals surface area contributed by atoms with Crippen LogP contribution in [0.25, 0.3) is 0 Å². The van der Waals surface area contributed by atoms with E-state index in [1.165, 1.54) is 18.4 Å². The molecule has 5 rings (SSSR count). The molecule has 26 heavy (non-hydrogen) atoms. The summed E-state index contributed by atoms with van der Waals surface area (Å²) >= 11 is 6.42. The quantitative estimate of drug-likeness (QED) is 0.645. The fourth-order valence-corrected chi connectivity index (χ4v) is 7.91. The van der Waals surface area contributed by atoms with E-state index in [4.69, 9.17) is 16.3 Å². The first-order valence-electron chi connectivity index (χ1n) is 10.6. The van der Waals surface area contributed by atoms with E-state index in [1.807, 2.05) is 6.92 Å². The monoisotopic (exact) mass is 376 g/mol. The molecule has 0 saturated heterocycles. The fourth-order valence-electron chi connectivity index (χ4n) is 7.58. The van der Waals surface area contributed by atoms with Gasteiger partial charge in [0.25, 0.3) is 0 Å². The summed E-state index contributed by atoms with van der Waals surface area (Å²) in [4.78, 5) is 24.0. The summed E-state index contributed by atoms with van der Waals surface area (Å²) < 4.78 is 5.99. The third kappa shape index (κ3) is 2.25. The molecule has 0 spiro atoms. The van der Waals surface area contributed by atoms with Crippen molar-refractivity contribution in [2.45, 2.75) is 71.3 Å². The lowest BCUT2D eigenvalue weighted by atomic mass is 9.51. The predicted octanol–water partition coefficient (Wildman–Crippen LogP) is 4.87. The summed E-state index contributed by atoms with van der Waals surface area (Å²) in [6.07, 6.45) is 8.00. The van der Waals surface area contributed by atoms with Crippen LogP contribution in [0.2, 0.25) is 0 Å². The molecule has 4 fully saturated rings. The minimum Gasteiger partial charge on any atom is -0.461 e. The zero-order valence-electron chi connectivity index (χ0n) is 15.8. The Morgan fingerprint density at radius 3 is 2.73 bits per heavy atom. The second kappa shape index (κ2) is 5.83. The maximum absolute atomic E-state index is 12.0. The second-order valence-corrected chi connectivity index (χ2v) is 10.0. The van der Waals surface area contributed by atoms with Crippen molar-refractivity contribution in [3.05, 3.63) is 10.6 Å². The summed E-state index contributed by atoms with van der Waals surface area (Å²) in [5, 5.41) is 0.568. The third-order valence-electron chi connectivity index (χ3n) is 8.65. The molecule has 8 atom stereocenters. The fraction of sp³-hybridized carbons (Fsp3) is 0.818. The van der Waals surface area contributed by atoms with Crippen LogP contribution in [0.5, 0.6) is 0 Å². The molecular weight excluding hydrogens is 348 g/mol. The van der Waals surface area contributed by atoms with Gasteiger partial charge >= 0.3 is 5.97 Å². The van der Waals surface area contributed by atoms with Crippen molar-refractivity contribution in [1.29, 1.82) is 0 Å². The molecule has 0 aromatic carbocycles. The van der Waals surface area contributed by atoms with Crippen molar-refractivity contribution in [1.82, 2.24) is 0 Å². The Bertz CT molecular complexity index is 698. The Kier molecular flexibility index (Phi) is 3.88. The van der Waals surface area contributed by atoms with Gasteiger partial charge in [0.05, 0.1) is 5.03 Å². The number of carbonyl (C=O) groups is 2. The molecule has 6 unspecified atom stereocenters. The van der Waals surface area contributed by atoms with Gasteiger partial charge in [0, 0.05) is 18.3 Å². The highest BCUT2D eigenvalue weighted by atomic mass is 35.5. The molecule has 0 heterocycles. The summed E-state index contributed by atoms with van der Waals surface area (Å²) in [6, 6.07) is 0. The Morgan fingerprint density at radius 1 is 1.15 bits per heavy atom. The summed E-state index contributed by atoms with van der Waals surface area (Å²) in [7, 11) is 0. The van der Waals surface area contributed by atoms with Crippen molar-refractivity contribution in [2.75, 3.05) is 0 Å². The second-order valence-electron chi connectivity index (χ2n) is 9.67. The molecule has 0 aliphatic heterocycles. The van der Waals surface area contributed by atoms with E-state index in [1.54, 1.807) is 0 Å². The van der Waals surface area contributed by atoms with Crippen LogP contribution in [0, 0.1) is 40.9 Å². The molecule has 0 amide bonds. The number of esters is 1. The number of ketones is 1. The van der Waals surface area contributed by atoms with E-state index in [0.29, 0.717) is 41.5 Å². The lowest BCUT2D eigenvalue weighted by molar-refractivity contribution is -0.162. The van der Waals surface area contributed by atoms with Crippen molar-refractivity contribution >= 4 is 23.4 Å². The lowest BCUT2D eigenvalue weighted by Crippen LogP contribution is -2.50. The van der Waals surface area contributed by atoms with Gasteiger partial charge in [-0.3, -0.25) is 9.59 Å². The number of rotatable bonds is 2. The molecule has 3 nitrogen and oxygen atoms in total. The average Bonchev–Trinajstić information content (AvgIpc) is 3.36. The van der Waals surface area contributed by atoms with Crippen molar-refractivity contribution in [3.63, 3.8) is 0 Å². The number of halogens is 1. The largest absolute Gasteiger partial charge is 0.461 e. The van der Waals surface area contributed by atoms with Crippen LogP contribution in [-0.4, -0.2) is 17.9 Å². The number of hydrogen-bond donors (Lipinski definition) is 0. The normalized spacial score (nSPS) is 49.0. The predicted molar refractivity (Wildman–Crippen MR) is 99.4 cm³/mol. The molecule has 0 radical (unpaired) electrons. The molecule has 5 aliphatic carbocycles. The van der Waals surface area contributed by atoms with Gasteiger partial charge in [-0.1, -0.05) is 25.4 Å². The van der Waals surface area contributed by atoms with E-state index in [0.717, 1.165) is 37.5 Å². The zero-order valence-corrected chi connectivity index (χ0v) is 16.6. The van der Waals surface area contributed by atoms with Crippen LogP contribution in [-0.2, 0) is 14.3 Å². The van der Waals surface area contributed by atoms with Gasteiger partial charge in [-0.2, -0.15) is 0 Å². The maximum atomic E-state index is 12.0. The van der Waals surface area contributed by atoms with Gasteiger partial charge in [-0.05, 0) is 79.6 Å². The minimum atomic E-state index is -0.0314. The Balaban J connectivity index is 1.44. The van der Waals surface area contributed by atoms with Gasteiger partial charge in [-0.25, -0.2) is 0 Å². The van der Waals surface area contributed by atoms with Crippen LogP contribution >= 0.6 is 11.6 Å². The van der Waals surface area contributed by atoms with Crippen LogP contribution in [0.3, 0.4) is 0 Å². The van der Waals surface area contributed by atoms with Gasteiger partial charge in [0.15, 0.2) is 5.78 Å². The molecular formula is C22H29ClO3. The number of fused-ring (bicyclic) bond motifs is 7. The molecule has 0 aromatic heterocycles. The minimum absolute atomic E-state index is 0.0314. The summed E-state index contributed by atoms with van der Waals surface area (Å²) in [6.45, 7) is 4.29. The average molecular weight is 377 g/mol. The molecule has 0 bridgehead atoms. The van der Waals surface area contributed by atoms with Gasteiger partial charge < -0.3 is 4.74 Å². The number of carbonyl (C=O) groups excluding carboxylic acids is 2. The Hall–Kier alpha value is -0.830. The van der Waals surface area contributed by atoms with Crippen molar-refractivity contribution in [2.24, 2.45) is 40.9 Å². The van der Waals surface area contributed by atoms with Crippen molar-refractivity contribution in [3.8, 4) is 0 Å². The smallest absolute Gasteiger partial charge is 0.305 e. The Labute approximate surface area is 160 Å². The number of allylic oxidation sites excluding steroid dienone is 1. The summed E-state index contributed by atoms with van der Waals surface area (Å²) in [5.74, 6) is 4.11. The highest BCUT2D eigenvalue weighted by molar-refractivity contribution is 6.43. The number of Topliss-reactive ketones (excluding diaryl/α,β-unsaturated/α-hetero) is 1. The third-order valence-corrected chi connectivity index (χ3v) is 9.10. The van der Waals surface area contributed by atoms with E-state index in [9.17, 15) is 9.59 Å². The highest BCUT2D eigenvalue weighted by Crippen LogP contribution is 2.72. The van der Waals surface area contributed by atoms with Crippen LogP contribution in [0.1, 0.15) is 65.2 Å². The highest BCUT2D eigenvalue weighted by Gasteiger charge is 2.70. The number of ether oxygens (including phenoxy) is 1. The van der Waals surface area contributed by atoms with E-state index in [-0.39, 0.29) is 23.3 Å². The molecule has 5 aliphatic rings. The van der Waals surface area contributed by atoms with E-state index >= 15 is 0 Å². The van der Waals surface area contributed by atoms with Gasteiger partial charge in [0.1, 0.15) is 6.10 Å². The standard InChI is InChI=1S/C22H29ClO3/c1-3-18(25)26-21-16-10-15(16)19-13-4-5-14-11(6-7-17(24)20(14)23)12(13)8-9-22(19,21)2/h11-13,15-16,19,21H,3-10H2,1-2H3/t11?,12?,13?,15?,16-,19?,21?,22-/m0/s1. The first kappa shape index (κ1) is 17.3. The molecule has 0 aromatic rings. The SMILES string of the molecule is CCC(=O)OC1[C@H]2CC2C2C3CCC4=C(Cl)C(=O)CCC4C3CC[C@@]21C. The molecule has 4 saturated carbocycles. The van der Waals surface area contributed by atoms with Crippen LogP contribution in [0.15, 0.2) is 10.6 Å². The zero-order chi connectivity index (χ0) is 18.2. The van der Waals surface area contributed by atoms with Gasteiger partial charge in [-0.15, -0.1) is 0 Å². The van der Waals surface area contributed by atoms with Crippen LogP contribution in [0.4, 0.5) is 0 Å². The first-order chi connectivity index (χ1) is 12.5. The topological polar surface area (TPSA) is 43.4 Å². The van der Waals surface area contributed by atoms with Gasteiger partial charge in [0.2, 0.25) is 0 Å². The van der Waals surface area contributed by atoms with E-state index in [2.05, 4.69) is 6.92 Å². The first-order valence-corrected chi connectivity index (χ1v) is 10.9. The van der Waals surface area contributed by atoms with E-state index < -0.39 is 0 Å². The molecule has 142 valence electrons. The Morgan fingerprint density at radius 2 is 1.96 bits per heavy atom.